The Morgan fingerprint density at radius 3 is 2.56 bits per heavy atom. The van der Waals surface area contributed by atoms with Crippen molar-refractivity contribution in [2.45, 2.75) is 24.9 Å². The van der Waals surface area contributed by atoms with Gasteiger partial charge in [-0.2, -0.15) is 0 Å². The van der Waals surface area contributed by atoms with Crippen molar-refractivity contribution in [3.63, 3.8) is 0 Å². The van der Waals surface area contributed by atoms with E-state index in [-0.39, 0.29) is 30.7 Å². The zero-order chi connectivity index (χ0) is 18.4. The van der Waals surface area contributed by atoms with Crippen LogP contribution in [0.15, 0.2) is 48.5 Å². The second kappa shape index (κ2) is 6.30. The van der Waals surface area contributed by atoms with Gasteiger partial charge in [0.15, 0.2) is 11.5 Å². The third-order valence-corrected chi connectivity index (χ3v) is 5.77. The van der Waals surface area contributed by atoms with Gasteiger partial charge in [0.05, 0.1) is 0 Å². The summed E-state index contributed by atoms with van der Waals surface area (Å²) in [6.45, 7) is 0.877. The van der Waals surface area contributed by atoms with Crippen LogP contribution < -0.4 is 14.8 Å². The zero-order valence-electron chi connectivity index (χ0n) is 14.8. The first-order chi connectivity index (χ1) is 13.2. The molecule has 5 rings (SSSR count). The van der Waals surface area contributed by atoms with E-state index in [4.69, 9.17) is 9.47 Å². The average molecular weight is 364 g/mol. The van der Waals surface area contributed by atoms with Crippen LogP contribution in [0.3, 0.4) is 0 Å². The Balaban J connectivity index is 1.25. The summed E-state index contributed by atoms with van der Waals surface area (Å²) in [5, 5.41) is 3.15. The molecular formula is C21H20N2O4. The fourth-order valence-corrected chi connectivity index (χ4v) is 4.42. The lowest BCUT2D eigenvalue weighted by Crippen LogP contribution is -2.47. The molecule has 138 valence electrons. The monoisotopic (exact) mass is 364 g/mol. The maximum atomic E-state index is 12.9. The SMILES string of the molecule is O=C(N[C@H]1C[C@@H]2C[C@H]1CN2C(=O)c1ccc2c(c1)OCO2)c1ccccc1. The van der Waals surface area contributed by atoms with Crippen LogP contribution in [0.2, 0.25) is 0 Å². The van der Waals surface area contributed by atoms with Crippen molar-refractivity contribution in [1.29, 1.82) is 0 Å². The van der Waals surface area contributed by atoms with Crippen LogP contribution in [0.4, 0.5) is 0 Å². The van der Waals surface area contributed by atoms with E-state index < -0.39 is 0 Å². The summed E-state index contributed by atoms with van der Waals surface area (Å²) in [4.78, 5) is 27.3. The van der Waals surface area contributed by atoms with Gasteiger partial charge in [0.2, 0.25) is 6.79 Å². The van der Waals surface area contributed by atoms with Crippen molar-refractivity contribution in [1.82, 2.24) is 10.2 Å². The van der Waals surface area contributed by atoms with Gasteiger partial charge in [0.1, 0.15) is 0 Å². The Morgan fingerprint density at radius 1 is 0.963 bits per heavy atom. The third-order valence-electron chi connectivity index (χ3n) is 5.77. The van der Waals surface area contributed by atoms with Crippen LogP contribution in [0, 0.1) is 5.92 Å². The first-order valence-corrected chi connectivity index (χ1v) is 9.25. The largest absolute Gasteiger partial charge is 0.454 e. The Labute approximate surface area is 157 Å². The number of benzene rings is 2. The molecule has 0 radical (unpaired) electrons. The van der Waals surface area contributed by atoms with E-state index in [9.17, 15) is 9.59 Å². The molecule has 6 heteroatoms. The number of fused-ring (bicyclic) bond motifs is 3. The molecule has 0 aromatic heterocycles. The molecule has 2 aliphatic heterocycles. The molecule has 27 heavy (non-hydrogen) atoms. The van der Waals surface area contributed by atoms with Crippen LogP contribution >= 0.6 is 0 Å². The molecule has 6 nitrogen and oxygen atoms in total. The summed E-state index contributed by atoms with van der Waals surface area (Å²) < 4.78 is 10.7. The molecule has 3 atom stereocenters. The van der Waals surface area contributed by atoms with E-state index in [2.05, 4.69) is 5.32 Å². The number of rotatable bonds is 3. The number of hydrogen-bond acceptors (Lipinski definition) is 4. The van der Waals surface area contributed by atoms with Crippen molar-refractivity contribution in [2.75, 3.05) is 13.3 Å². The Hall–Kier alpha value is -3.02. The van der Waals surface area contributed by atoms with E-state index in [1.54, 1.807) is 18.2 Å². The van der Waals surface area contributed by atoms with Gasteiger partial charge in [-0.15, -0.1) is 0 Å². The second-order valence-electron chi connectivity index (χ2n) is 7.36. The molecule has 1 N–H and O–H groups in total. The predicted octanol–water partition coefficient (Wildman–Crippen LogP) is 2.45. The minimum absolute atomic E-state index is 0.0219. The fourth-order valence-electron chi connectivity index (χ4n) is 4.42. The number of likely N-dealkylation sites (tertiary alicyclic amines) is 1. The molecular weight excluding hydrogens is 344 g/mol. The summed E-state index contributed by atoms with van der Waals surface area (Å²) in [5.41, 5.74) is 1.30. The zero-order valence-corrected chi connectivity index (χ0v) is 14.8. The van der Waals surface area contributed by atoms with Crippen molar-refractivity contribution in [3.05, 3.63) is 59.7 Å². The first-order valence-electron chi connectivity index (χ1n) is 9.25. The normalized spacial score (nSPS) is 24.9. The number of piperidine rings is 1. The van der Waals surface area contributed by atoms with Crippen molar-refractivity contribution >= 4 is 11.8 Å². The highest BCUT2D eigenvalue weighted by molar-refractivity contribution is 5.96. The number of nitrogens with zero attached hydrogens (tertiary/aromatic N) is 1. The second-order valence-corrected chi connectivity index (χ2v) is 7.36. The number of nitrogens with one attached hydrogen (secondary N) is 1. The number of amides is 2. The van der Waals surface area contributed by atoms with Gasteiger partial charge in [-0.1, -0.05) is 18.2 Å². The van der Waals surface area contributed by atoms with Gasteiger partial charge in [-0.25, -0.2) is 0 Å². The van der Waals surface area contributed by atoms with Crippen molar-refractivity contribution in [2.24, 2.45) is 5.92 Å². The molecule has 0 unspecified atom stereocenters. The summed E-state index contributed by atoms with van der Waals surface area (Å²) in [7, 11) is 0. The van der Waals surface area contributed by atoms with Gasteiger partial charge in [-0.3, -0.25) is 9.59 Å². The minimum atomic E-state index is -0.0400. The summed E-state index contributed by atoms with van der Waals surface area (Å²) in [5.74, 6) is 1.59. The first kappa shape index (κ1) is 16.2. The van der Waals surface area contributed by atoms with E-state index in [1.165, 1.54) is 0 Å². The summed E-state index contributed by atoms with van der Waals surface area (Å²) >= 11 is 0. The fraction of sp³-hybridized carbons (Fsp3) is 0.333. The molecule has 2 aromatic rings. The number of ether oxygens (including phenoxy) is 2. The Morgan fingerprint density at radius 2 is 1.78 bits per heavy atom. The minimum Gasteiger partial charge on any atom is -0.454 e. The summed E-state index contributed by atoms with van der Waals surface area (Å²) in [6, 6.07) is 14.9. The quantitative estimate of drug-likeness (QED) is 0.908. The maximum Gasteiger partial charge on any atom is 0.254 e. The van der Waals surface area contributed by atoms with E-state index in [0.29, 0.717) is 35.1 Å². The molecule has 3 aliphatic rings. The predicted molar refractivity (Wildman–Crippen MR) is 97.8 cm³/mol. The molecule has 1 saturated carbocycles. The van der Waals surface area contributed by atoms with Gasteiger partial charge in [0.25, 0.3) is 11.8 Å². The molecule has 2 heterocycles. The summed E-state index contributed by atoms with van der Waals surface area (Å²) in [6.07, 6.45) is 1.75. The highest BCUT2D eigenvalue weighted by atomic mass is 16.7. The van der Waals surface area contributed by atoms with Crippen LogP contribution in [-0.4, -0.2) is 42.1 Å². The Bertz CT molecular complexity index is 898. The van der Waals surface area contributed by atoms with Gasteiger partial charge < -0.3 is 19.7 Å². The topological polar surface area (TPSA) is 67.9 Å². The molecule has 1 aliphatic carbocycles. The molecule has 2 aromatic carbocycles. The molecule has 2 fully saturated rings. The lowest BCUT2D eigenvalue weighted by Gasteiger charge is -2.32. The van der Waals surface area contributed by atoms with E-state index >= 15 is 0 Å². The van der Waals surface area contributed by atoms with Crippen LogP contribution in [0.5, 0.6) is 11.5 Å². The van der Waals surface area contributed by atoms with Crippen LogP contribution in [-0.2, 0) is 0 Å². The molecule has 2 bridgehead atoms. The number of carbonyl (C=O) groups excluding carboxylic acids is 2. The smallest absolute Gasteiger partial charge is 0.254 e. The van der Waals surface area contributed by atoms with Crippen molar-refractivity contribution in [3.8, 4) is 11.5 Å². The molecule has 0 spiro atoms. The van der Waals surface area contributed by atoms with Gasteiger partial charge in [0, 0.05) is 29.8 Å². The highest BCUT2D eigenvalue weighted by Crippen LogP contribution is 2.40. The van der Waals surface area contributed by atoms with Gasteiger partial charge in [-0.05, 0) is 49.1 Å². The van der Waals surface area contributed by atoms with Gasteiger partial charge >= 0.3 is 0 Å². The van der Waals surface area contributed by atoms with E-state index in [0.717, 1.165) is 12.8 Å². The maximum absolute atomic E-state index is 12.9. The lowest BCUT2D eigenvalue weighted by atomic mass is 10.0. The average Bonchev–Trinajstić information content (AvgIpc) is 3.42. The van der Waals surface area contributed by atoms with E-state index in [1.807, 2.05) is 35.2 Å². The van der Waals surface area contributed by atoms with Crippen LogP contribution in [0.25, 0.3) is 0 Å². The standard InChI is InChI=1S/C21H20N2O4/c24-20(13-4-2-1-3-5-13)22-17-10-16-8-15(17)11-23(16)21(25)14-6-7-18-19(9-14)27-12-26-18/h1-7,9,15-17H,8,10-12H2,(H,22,24)/t15-,16-,17-/m0/s1. The number of carbonyl (C=O) groups is 2. The highest BCUT2D eigenvalue weighted by Gasteiger charge is 2.47. The van der Waals surface area contributed by atoms with Crippen molar-refractivity contribution < 1.29 is 19.1 Å². The Kier molecular flexibility index (Phi) is 3.77. The number of hydrogen-bond donors (Lipinski definition) is 1. The lowest BCUT2D eigenvalue weighted by molar-refractivity contribution is 0.0679. The molecule has 2 amide bonds. The third kappa shape index (κ3) is 2.81. The molecule has 1 saturated heterocycles. The van der Waals surface area contributed by atoms with Crippen LogP contribution in [0.1, 0.15) is 33.6 Å².